The van der Waals surface area contributed by atoms with Crippen LogP contribution >= 0.6 is 0 Å². The lowest BCUT2D eigenvalue weighted by atomic mass is 10.1. The van der Waals surface area contributed by atoms with Crippen LogP contribution in [0.4, 0.5) is 11.4 Å². The van der Waals surface area contributed by atoms with Crippen LogP contribution in [0, 0.1) is 0 Å². The van der Waals surface area contributed by atoms with Gasteiger partial charge >= 0.3 is 0 Å². The standard InChI is InChI=1S/C27H31NO2/c1-29-26-20-10-19-25(27(26)30-24-17-8-9-18-24)28(23-15-6-3-7-16-23)21-11-14-22-12-4-2-5-13-22/h2-7,10,12-13,15-16,19-20,24H,8-9,11,14,17-18,21H2,1H3. The molecule has 0 atom stereocenters. The van der Waals surface area contributed by atoms with Crippen molar-refractivity contribution >= 4 is 11.4 Å². The molecule has 0 spiro atoms. The van der Waals surface area contributed by atoms with E-state index in [2.05, 4.69) is 77.7 Å². The van der Waals surface area contributed by atoms with Gasteiger partial charge in [0.1, 0.15) is 0 Å². The number of nitrogens with zero attached hydrogens (tertiary/aromatic N) is 1. The highest BCUT2D eigenvalue weighted by atomic mass is 16.5. The minimum atomic E-state index is 0.280. The molecule has 1 fully saturated rings. The zero-order valence-corrected chi connectivity index (χ0v) is 17.8. The van der Waals surface area contributed by atoms with Gasteiger partial charge in [0, 0.05) is 12.2 Å². The third-order valence-electron chi connectivity index (χ3n) is 5.81. The number of aryl methyl sites for hydroxylation is 1. The largest absolute Gasteiger partial charge is 0.493 e. The van der Waals surface area contributed by atoms with Crippen molar-refractivity contribution in [3.63, 3.8) is 0 Å². The highest BCUT2D eigenvalue weighted by Gasteiger charge is 2.23. The first-order valence-electron chi connectivity index (χ1n) is 11.1. The summed E-state index contributed by atoms with van der Waals surface area (Å²) in [5.74, 6) is 1.68. The first-order valence-corrected chi connectivity index (χ1v) is 11.1. The Bertz CT molecular complexity index is 905. The number of benzene rings is 3. The summed E-state index contributed by atoms with van der Waals surface area (Å²) in [5, 5.41) is 0. The van der Waals surface area contributed by atoms with E-state index >= 15 is 0 Å². The van der Waals surface area contributed by atoms with Gasteiger partial charge < -0.3 is 14.4 Å². The van der Waals surface area contributed by atoms with Crippen molar-refractivity contribution in [3.8, 4) is 11.5 Å². The van der Waals surface area contributed by atoms with Crippen molar-refractivity contribution in [3.05, 3.63) is 84.4 Å². The molecule has 4 rings (SSSR count). The predicted octanol–water partition coefficient (Wildman–Crippen LogP) is 6.79. The summed E-state index contributed by atoms with van der Waals surface area (Å²) in [6.45, 7) is 0.910. The molecule has 0 N–H and O–H groups in total. The van der Waals surface area contributed by atoms with Gasteiger partial charge in [-0.2, -0.15) is 0 Å². The molecule has 0 aliphatic heterocycles. The molecule has 0 heterocycles. The number of methoxy groups -OCH3 is 1. The quantitative estimate of drug-likeness (QED) is 0.394. The van der Waals surface area contributed by atoms with Crippen molar-refractivity contribution in [2.24, 2.45) is 0 Å². The van der Waals surface area contributed by atoms with Crippen molar-refractivity contribution in [1.82, 2.24) is 0 Å². The average molecular weight is 402 g/mol. The number of rotatable bonds is 9. The van der Waals surface area contributed by atoms with Crippen LogP contribution in [0.2, 0.25) is 0 Å². The first-order chi connectivity index (χ1) is 14.8. The molecule has 30 heavy (non-hydrogen) atoms. The summed E-state index contributed by atoms with van der Waals surface area (Å²) in [5.41, 5.74) is 3.63. The molecule has 0 amide bonds. The smallest absolute Gasteiger partial charge is 0.185 e. The zero-order valence-electron chi connectivity index (χ0n) is 17.8. The van der Waals surface area contributed by atoms with Crippen LogP contribution in [-0.2, 0) is 6.42 Å². The van der Waals surface area contributed by atoms with E-state index in [1.54, 1.807) is 7.11 Å². The maximum absolute atomic E-state index is 6.53. The van der Waals surface area contributed by atoms with Gasteiger partial charge in [-0.05, 0) is 68.4 Å². The van der Waals surface area contributed by atoms with Crippen molar-refractivity contribution in [2.45, 2.75) is 44.6 Å². The molecule has 0 bridgehead atoms. The van der Waals surface area contributed by atoms with E-state index in [9.17, 15) is 0 Å². The maximum Gasteiger partial charge on any atom is 0.185 e. The van der Waals surface area contributed by atoms with E-state index in [-0.39, 0.29) is 6.10 Å². The Morgan fingerprint density at radius 3 is 2.23 bits per heavy atom. The summed E-state index contributed by atoms with van der Waals surface area (Å²) in [7, 11) is 1.73. The van der Waals surface area contributed by atoms with E-state index in [1.165, 1.54) is 24.1 Å². The molecule has 156 valence electrons. The fourth-order valence-corrected chi connectivity index (χ4v) is 4.25. The molecule has 3 heteroatoms. The second-order valence-corrected chi connectivity index (χ2v) is 7.91. The molecule has 0 unspecified atom stereocenters. The van der Waals surface area contributed by atoms with Gasteiger partial charge in [-0.1, -0.05) is 54.6 Å². The molecule has 1 aliphatic rings. The van der Waals surface area contributed by atoms with Crippen molar-refractivity contribution < 1.29 is 9.47 Å². The normalized spacial score (nSPS) is 13.9. The Morgan fingerprint density at radius 2 is 1.53 bits per heavy atom. The number of anilines is 2. The summed E-state index contributed by atoms with van der Waals surface area (Å²) < 4.78 is 12.2. The Morgan fingerprint density at radius 1 is 0.833 bits per heavy atom. The maximum atomic E-state index is 6.53. The molecule has 0 saturated heterocycles. The average Bonchev–Trinajstić information content (AvgIpc) is 3.32. The second-order valence-electron chi connectivity index (χ2n) is 7.91. The lowest BCUT2D eigenvalue weighted by Gasteiger charge is -2.29. The highest BCUT2D eigenvalue weighted by molar-refractivity contribution is 5.72. The van der Waals surface area contributed by atoms with E-state index in [1.807, 2.05) is 6.07 Å². The SMILES string of the molecule is COc1cccc(N(CCCc2ccccc2)c2ccccc2)c1OC1CCCC1. The van der Waals surface area contributed by atoms with Gasteiger partial charge in [-0.25, -0.2) is 0 Å². The highest BCUT2D eigenvalue weighted by Crippen LogP contribution is 2.42. The molecule has 1 aliphatic carbocycles. The molecule has 3 aromatic rings. The fraction of sp³-hybridized carbons (Fsp3) is 0.333. The van der Waals surface area contributed by atoms with Crippen LogP contribution in [-0.4, -0.2) is 19.8 Å². The number of ether oxygens (including phenoxy) is 2. The molecule has 1 saturated carbocycles. The van der Waals surface area contributed by atoms with Crippen molar-refractivity contribution in [2.75, 3.05) is 18.6 Å². The Hall–Kier alpha value is -2.94. The fourth-order valence-electron chi connectivity index (χ4n) is 4.25. The number of hydrogen-bond acceptors (Lipinski definition) is 3. The lowest BCUT2D eigenvalue weighted by Crippen LogP contribution is -2.21. The Kier molecular flexibility index (Phi) is 6.91. The van der Waals surface area contributed by atoms with E-state index in [4.69, 9.17) is 9.47 Å². The molecule has 3 nitrogen and oxygen atoms in total. The minimum Gasteiger partial charge on any atom is -0.493 e. The second kappa shape index (κ2) is 10.2. The van der Waals surface area contributed by atoms with Gasteiger partial charge in [0.05, 0.1) is 18.9 Å². The van der Waals surface area contributed by atoms with Crippen molar-refractivity contribution in [1.29, 1.82) is 0 Å². The van der Waals surface area contributed by atoms with Crippen LogP contribution in [0.5, 0.6) is 11.5 Å². The monoisotopic (exact) mass is 401 g/mol. The van der Waals surface area contributed by atoms with Gasteiger partial charge in [0.15, 0.2) is 11.5 Å². The molecular formula is C27H31NO2. The number of para-hydroxylation sites is 2. The van der Waals surface area contributed by atoms with Gasteiger partial charge in [-0.3, -0.25) is 0 Å². The zero-order chi connectivity index (χ0) is 20.6. The Balaban J connectivity index is 1.62. The van der Waals surface area contributed by atoms with E-state index < -0.39 is 0 Å². The van der Waals surface area contributed by atoms with E-state index in [0.29, 0.717) is 0 Å². The van der Waals surface area contributed by atoms with Gasteiger partial charge in [0.2, 0.25) is 0 Å². The minimum absolute atomic E-state index is 0.280. The third kappa shape index (κ3) is 4.96. The number of hydrogen-bond donors (Lipinski definition) is 0. The van der Waals surface area contributed by atoms with E-state index in [0.717, 1.165) is 49.4 Å². The lowest BCUT2D eigenvalue weighted by molar-refractivity contribution is 0.201. The summed E-state index contributed by atoms with van der Waals surface area (Å²) >= 11 is 0. The summed E-state index contributed by atoms with van der Waals surface area (Å²) in [6.07, 6.45) is 7.12. The first kappa shape index (κ1) is 20.3. The third-order valence-corrected chi connectivity index (χ3v) is 5.81. The van der Waals surface area contributed by atoms with Crippen LogP contribution < -0.4 is 14.4 Å². The van der Waals surface area contributed by atoms with Gasteiger partial charge in [-0.15, -0.1) is 0 Å². The Labute approximate surface area is 180 Å². The topological polar surface area (TPSA) is 21.7 Å². The van der Waals surface area contributed by atoms with Crippen LogP contribution in [0.25, 0.3) is 0 Å². The summed E-state index contributed by atoms with van der Waals surface area (Å²) in [4.78, 5) is 2.37. The van der Waals surface area contributed by atoms with Gasteiger partial charge in [0.25, 0.3) is 0 Å². The summed E-state index contributed by atoms with van der Waals surface area (Å²) in [6, 6.07) is 27.5. The van der Waals surface area contributed by atoms with Crippen LogP contribution in [0.3, 0.4) is 0 Å². The predicted molar refractivity (Wildman–Crippen MR) is 124 cm³/mol. The molecule has 3 aromatic carbocycles. The molecule has 0 radical (unpaired) electrons. The van der Waals surface area contributed by atoms with Crippen LogP contribution in [0.15, 0.2) is 78.9 Å². The molecular weight excluding hydrogens is 370 g/mol. The molecule has 0 aromatic heterocycles. The van der Waals surface area contributed by atoms with Crippen LogP contribution in [0.1, 0.15) is 37.7 Å².